The minimum absolute atomic E-state index is 0.168. The van der Waals surface area contributed by atoms with Gasteiger partial charge in [0.05, 0.1) is 0 Å². The van der Waals surface area contributed by atoms with E-state index in [0.717, 1.165) is 26.8 Å². The molecule has 0 fully saturated rings. The standard InChI is InChI=1S/C19H19BrN2/c1-19(2,3)13-8-10-14(11-9-13)22-18-16-7-5-4-6-15(16)17(20)12-21-18/h4-12H,1-3H3,(H,21,22). The molecule has 2 nitrogen and oxygen atoms in total. The second kappa shape index (κ2) is 5.73. The van der Waals surface area contributed by atoms with E-state index in [4.69, 9.17) is 0 Å². The van der Waals surface area contributed by atoms with Gasteiger partial charge in [0.2, 0.25) is 0 Å². The molecule has 0 amide bonds. The number of hydrogen-bond donors (Lipinski definition) is 1. The number of aromatic nitrogens is 1. The van der Waals surface area contributed by atoms with Crippen molar-refractivity contribution in [2.45, 2.75) is 26.2 Å². The van der Waals surface area contributed by atoms with Crippen LogP contribution in [0, 0.1) is 0 Å². The number of hydrogen-bond acceptors (Lipinski definition) is 2. The Bertz CT molecular complexity index is 802. The van der Waals surface area contributed by atoms with E-state index in [1.807, 2.05) is 18.3 Å². The maximum absolute atomic E-state index is 4.51. The molecule has 112 valence electrons. The molecule has 0 spiro atoms. The number of halogens is 1. The summed E-state index contributed by atoms with van der Waals surface area (Å²) >= 11 is 3.56. The van der Waals surface area contributed by atoms with Crippen molar-refractivity contribution in [3.05, 3.63) is 64.8 Å². The van der Waals surface area contributed by atoms with Crippen LogP contribution in [-0.4, -0.2) is 4.98 Å². The van der Waals surface area contributed by atoms with Crippen LogP contribution in [0.3, 0.4) is 0 Å². The summed E-state index contributed by atoms with van der Waals surface area (Å²) in [6.07, 6.45) is 1.84. The highest BCUT2D eigenvalue weighted by Crippen LogP contribution is 2.30. The molecule has 0 atom stereocenters. The fourth-order valence-corrected chi connectivity index (χ4v) is 2.90. The number of rotatable bonds is 2. The largest absolute Gasteiger partial charge is 0.340 e. The number of pyridine rings is 1. The van der Waals surface area contributed by atoms with Crippen LogP contribution in [0.5, 0.6) is 0 Å². The second-order valence-corrected chi connectivity index (χ2v) is 7.31. The zero-order valence-corrected chi connectivity index (χ0v) is 14.6. The van der Waals surface area contributed by atoms with Gasteiger partial charge in [-0.1, -0.05) is 57.2 Å². The average molecular weight is 355 g/mol. The Kier molecular flexibility index (Phi) is 3.92. The topological polar surface area (TPSA) is 24.9 Å². The summed E-state index contributed by atoms with van der Waals surface area (Å²) in [5, 5.41) is 5.69. The first-order chi connectivity index (χ1) is 10.4. The summed E-state index contributed by atoms with van der Waals surface area (Å²) in [5.74, 6) is 0.877. The van der Waals surface area contributed by atoms with Crippen LogP contribution in [-0.2, 0) is 5.41 Å². The maximum Gasteiger partial charge on any atom is 0.138 e. The van der Waals surface area contributed by atoms with Gasteiger partial charge in [-0.05, 0) is 39.0 Å². The van der Waals surface area contributed by atoms with E-state index in [1.165, 1.54) is 5.56 Å². The van der Waals surface area contributed by atoms with Crippen LogP contribution in [0.15, 0.2) is 59.2 Å². The first-order valence-electron chi connectivity index (χ1n) is 7.36. The van der Waals surface area contributed by atoms with Crippen molar-refractivity contribution >= 4 is 38.2 Å². The van der Waals surface area contributed by atoms with Gasteiger partial charge in [0.15, 0.2) is 0 Å². The molecule has 0 radical (unpaired) electrons. The molecule has 3 aromatic rings. The molecule has 1 heterocycles. The number of anilines is 2. The Morgan fingerprint density at radius 1 is 0.909 bits per heavy atom. The first-order valence-corrected chi connectivity index (χ1v) is 8.15. The van der Waals surface area contributed by atoms with Gasteiger partial charge in [-0.2, -0.15) is 0 Å². The van der Waals surface area contributed by atoms with Crippen molar-refractivity contribution in [1.29, 1.82) is 0 Å². The Balaban J connectivity index is 1.95. The van der Waals surface area contributed by atoms with Crippen molar-refractivity contribution in [3.63, 3.8) is 0 Å². The average Bonchev–Trinajstić information content (AvgIpc) is 2.50. The van der Waals surface area contributed by atoms with Crippen molar-refractivity contribution in [1.82, 2.24) is 4.98 Å². The molecule has 1 aromatic heterocycles. The summed E-state index contributed by atoms with van der Waals surface area (Å²) in [5.41, 5.74) is 2.54. The maximum atomic E-state index is 4.51. The van der Waals surface area contributed by atoms with E-state index < -0.39 is 0 Å². The molecular formula is C19H19BrN2. The second-order valence-electron chi connectivity index (χ2n) is 6.45. The number of fused-ring (bicyclic) bond motifs is 1. The van der Waals surface area contributed by atoms with Crippen LogP contribution < -0.4 is 5.32 Å². The molecule has 0 unspecified atom stereocenters. The third-order valence-corrected chi connectivity index (χ3v) is 4.39. The molecular weight excluding hydrogens is 336 g/mol. The molecule has 0 saturated carbocycles. The van der Waals surface area contributed by atoms with Gasteiger partial charge < -0.3 is 5.32 Å². The first kappa shape index (κ1) is 15.0. The van der Waals surface area contributed by atoms with E-state index in [-0.39, 0.29) is 5.41 Å². The highest BCUT2D eigenvalue weighted by molar-refractivity contribution is 9.10. The van der Waals surface area contributed by atoms with E-state index in [0.29, 0.717) is 0 Å². The van der Waals surface area contributed by atoms with Crippen LogP contribution >= 0.6 is 15.9 Å². The Morgan fingerprint density at radius 3 is 2.18 bits per heavy atom. The lowest BCUT2D eigenvalue weighted by Gasteiger charge is -2.19. The smallest absolute Gasteiger partial charge is 0.138 e. The van der Waals surface area contributed by atoms with Gasteiger partial charge >= 0.3 is 0 Å². The fourth-order valence-electron chi connectivity index (χ4n) is 2.45. The molecule has 3 heteroatoms. The molecule has 1 N–H and O–H groups in total. The summed E-state index contributed by atoms with van der Waals surface area (Å²) in [6, 6.07) is 16.8. The van der Waals surface area contributed by atoms with Gasteiger partial charge in [0.25, 0.3) is 0 Å². The highest BCUT2D eigenvalue weighted by atomic mass is 79.9. The fraction of sp³-hybridized carbons (Fsp3) is 0.211. The zero-order valence-electron chi connectivity index (χ0n) is 13.0. The summed E-state index contributed by atoms with van der Waals surface area (Å²) in [6.45, 7) is 6.66. The summed E-state index contributed by atoms with van der Waals surface area (Å²) in [4.78, 5) is 4.51. The van der Waals surface area contributed by atoms with Crippen LogP contribution in [0.4, 0.5) is 11.5 Å². The van der Waals surface area contributed by atoms with Gasteiger partial charge in [0.1, 0.15) is 5.82 Å². The minimum Gasteiger partial charge on any atom is -0.340 e. The van der Waals surface area contributed by atoms with E-state index in [9.17, 15) is 0 Å². The number of nitrogens with zero attached hydrogens (tertiary/aromatic N) is 1. The molecule has 3 rings (SSSR count). The lowest BCUT2D eigenvalue weighted by atomic mass is 9.87. The van der Waals surface area contributed by atoms with Gasteiger partial charge in [-0.15, -0.1) is 0 Å². The molecule has 0 bridgehead atoms. The summed E-state index contributed by atoms with van der Waals surface area (Å²) < 4.78 is 1.01. The zero-order chi connectivity index (χ0) is 15.7. The van der Waals surface area contributed by atoms with Crippen LogP contribution in [0.25, 0.3) is 10.8 Å². The predicted octanol–water partition coefficient (Wildman–Crippen LogP) is 6.04. The Morgan fingerprint density at radius 2 is 1.55 bits per heavy atom. The van der Waals surface area contributed by atoms with Gasteiger partial charge in [0, 0.05) is 27.1 Å². The molecule has 22 heavy (non-hydrogen) atoms. The predicted molar refractivity (Wildman–Crippen MR) is 97.9 cm³/mol. The molecule has 0 aliphatic rings. The van der Waals surface area contributed by atoms with E-state index in [2.05, 4.69) is 83.4 Å². The van der Waals surface area contributed by atoms with Crippen LogP contribution in [0.2, 0.25) is 0 Å². The Hall–Kier alpha value is -1.87. The SMILES string of the molecule is CC(C)(C)c1ccc(Nc2ncc(Br)c3ccccc23)cc1. The van der Waals surface area contributed by atoms with Gasteiger partial charge in [-0.3, -0.25) is 0 Å². The van der Waals surface area contributed by atoms with Crippen molar-refractivity contribution in [3.8, 4) is 0 Å². The van der Waals surface area contributed by atoms with E-state index >= 15 is 0 Å². The number of nitrogens with one attached hydrogen (secondary N) is 1. The quantitative estimate of drug-likeness (QED) is 0.606. The number of benzene rings is 2. The lowest BCUT2D eigenvalue weighted by Crippen LogP contribution is -2.10. The van der Waals surface area contributed by atoms with Crippen LogP contribution in [0.1, 0.15) is 26.3 Å². The third kappa shape index (κ3) is 3.00. The van der Waals surface area contributed by atoms with E-state index in [1.54, 1.807) is 0 Å². The highest BCUT2D eigenvalue weighted by Gasteiger charge is 2.13. The lowest BCUT2D eigenvalue weighted by molar-refractivity contribution is 0.590. The molecule has 0 aliphatic carbocycles. The Labute approximate surface area is 139 Å². The monoisotopic (exact) mass is 354 g/mol. The normalized spacial score (nSPS) is 11.6. The van der Waals surface area contributed by atoms with Gasteiger partial charge in [-0.25, -0.2) is 4.98 Å². The third-order valence-electron chi connectivity index (χ3n) is 3.76. The summed E-state index contributed by atoms with van der Waals surface area (Å²) in [7, 11) is 0. The van der Waals surface area contributed by atoms with Crippen molar-refractivity contribution < 1.29 is 0 Å². The molecule has 0 aliphatic heterocycles. The van der Waals surface area contributed by atoms with Crippen molar-refractivity contribution in [2.24, 2.45) is 0 Å². The van der Waals surface area contributed by atoms with Crippen molar-refractivity contribution in [2.75, 3.05) is 5.32 Å². The molecule has 0 saturated heterocycles. The molecule has 2 aromatic carbocycles. The minimum atomic E-state index is 0.168.